The Balaban J connectivity index is 1.58. The lowest BCUT2D eigenvalue weighted by Crippen LogP contribution is -2.59. The molecule has 4 amide bonds. The van der Waals surface area contributed by atoms with Gasteiger partial charge in [0.25, 0.3) is 11.8 Å². The van der Waals surface area contributed by atoms with Gasteiger partial charge in [-0.05, 0) is 55.1 Å². The zero-order valence-corrected chi connectivity index (χ0v) is 27.5. The molecule has 244 valence electrons. The summed E-state index contributed by atoms with van der Waals surface area (Å²) in [6.45, 7) is 14.3. The molecule has 0 bridgehead atoms. The Kier molecular flexibility index (Phi) is 12.3. The largest absolute Gasteiger partial charge is 0.369 e. The lowest BCUT2D eigenvalue weighted by atomic mass is 9.85. The van der Waals surface area contributed by atoms with E-state index in [1.807, 2.05) is 45.0 Å². The van der Waals surface area contributed by atoms with Gasteiger partial charge in [0.1, 0.15) is 12.1 Å². The van der Waals surface area contributed by atoms with E-state index in [1.165, 1.54) is 6.92 Å². The lowest BCUT2D eigenvalue weighted by Gasteiger charge is -2.34. The van der Waals surface area contributed by atoms with Crippen LogP contribution in [0.3, 0.4) is 0 Å². The second-order valence-corrected chi connectivity index (χ2v) is 13.1. The fourth-order valence-corrected chi connectivity index (χ4v) is 4.99. The second kappa shape index (κ2) is 15.7. The summed E-state index contributed by atoms with van der Waals surface area (Å²) in [6.07, 6.45) is 0. The summed E-state index contributed by atoms with van der Waals surface area (Å²) in [4.78, 5) is 69.8. The van der Waals surface area contributed by atoms with Gasteiger partial charge in [-0.25, -0.2) is 0 Å². The first-order valence-electron chi connectivity index (χ1n) is 15.5. The number of Topliss-reactive ketones (excluding diaryl/α,β-unsaturated/α-hetero) is 1. The Morgan fingerprint density at radius 3 is 2.04 bits per heavy atom. The predicted molar refractivity (Wildman–Crippen MR) is 175 cm³/mol. The van der Waals surface area contributed by atoms with Gasteiger partial charge in [0, 0.05) is 44.0 Å². The average molecular weight is 621 g/mol. The Labute approximate surface area is 266 Å². The number of amides is 4. The third-order valence-electron chi connectivity index (χ3n) is 7.89. The molecule has 0 aromatic heterocycles. The van der Waals surface area contributed by atoms with Gasteiger partial charge in [-0.1, -0.05) is 65.0 Å². The Morgan fingerprint density at radius 2 is 1.44 bits per heavy atom. The number of hydrogen-bond donors (Lipinski definition) is 4. The van der Waals surface area contributed by atoms with Crippen molar-refractivity contribution in [2.75, 3.05) is 38.1 Å². The van der Waals surface area contributed by atoms with Crippen LogP contribution in [0.5, 0.6) is 0 Å². The van der Waals surface area contributed by atoms with Crippen LogP contribution in [0.2, 0.25) is 0 Å². The fraction of sp³-hybridized carbons (Fsp3) is 0.500. The average Bonchev–Trinajstić information content (AvgIpc) is 3.00. The van der Waals surface area contributed by atoms with Crippen molar-refractivity contribution in [3.05, 3.63) is 65.7 Å². The van der Waals surface area contributed by atoms with Crippen LogP contribution in [-0.4, -0.2) is 85.7 Å². The van der Waals surface area contributed by atoms with Crippen LogP contribution in [0.1, 0.15) is 57.5 Å². The summed E-state index contributed by atoms with van der Waals surface area (Å²) in [5.74, 6) is -3.53. The van der Waals surface area contributed by atoms with E-state index in [9.17, 15) is 24.0 Å². The first-order valence-corrected chi connectivity index (χ1v) is 15.5. The van der Waals surface area contributed by atoms with Crippen LogP contribution < -0.4 is 26.2 Å². The van der Waals surface area contributed by atoms with Gasteiger partial charge in [-0.15, -0.1) is 0 Å². The van der Waals surface area contributed by atoms with Gasteiger partial charge in [0.15, 0.2) is 0 Å². The molecule has 3 atom stereocenters. The van der Waals surface area contributed by atoms with Crippen molar-refractivity contribution >= 4 is 35.1 Å². The number of carbonyl (C=O) groups excluding carboxylic acids is 5. The summed E-state index contributed by atoms with van der Waals surface area (Å²) in [5, 5.41) is 10.8. The number of carbonyl (C=O) groups is 5. The highest BCUT2D eigenvalue weighted by molar-refractivity contribution is 6.38. The van der Waals surface area contributed by atoms with Crippen LogP contribution in [0.4, 0.5) is 5.69 Å². The first-order chi connectivity index (χ1) is 21.2. The van der Waals surface area contributed by atoms with Crippen molar-refractivity contribution in [1.29, 1.82) is 0 Å². The minimum absolute atomic E-state index is 0.167. The molecular weight excluding hydrogens is 572 g/mol. The zero-order valence-electron chi connectivity index (χ0n) is 27.5. The predicted octanol–water partition coefficient (Wildman–Crippen LogP) is 2.11. The maximum Gasteiger partial charge on any atom is 0.289 e. The van der Waals surface area contributed by atoms with E-state index in [1.54, 1.807) is 44.2 Å². The summed E-state index contributed by atoms with van der Waals surface area (Å²) < 4.78 is 0. The molecule has 1 heterocycles. The normalized spacial score (nSPS) is 15.9. The molecule has 0 spiro atoms. The molecule has 11 nitrogen and oxygen atoms in total. The van der Waals surface area contributed by atoms with E-state index < -0.39 is 53.0 Å². The number of nitrogens with one attached hydrogen (secondary N) is 4. The van der Waals surface area contributed by atoms with E-state index in [0.717, 1.165) is 37.4 Å². The summed E-state index contributed by atoms with van der Waals surface area (Å²) in [5.41, 5.74) is 1.67. The molecule has 0 saturated carbocycles. The minimum atomic E-state index is -1.09. The van der Waals surface area contributed by atoms with Crippen molar-refractivity contribution < 1.29 is 24.0 Å². The van der Waals surface area contributed by atoms with E-state index >= 15 is 0 Å². The Bertz CT molecular complexity index is 1350. The monoisotopic (exact) mass is 620 g/mol. The van der Waals surface area contributed by atoms with Crippen molar-refractivity contribution in [2.24, 2.45) is 11.3 Å². The maximum absolute atomic E-state index is 13.3. The molecule has 1 fully saturated rings. The Hall–Kier alpha value is -4.25. The van der Waals surface area contributed by atoms with Crippen molar-refractivity contribution in [2.45, 2.75) is 66.2 Å². The summed E-state index contributed by atoms with van der Waals surface area (Å²) in [7, 11) is 2.10. The van der Waals surface area contributed by atoms with Gasteiger partial charge >= 0.3 is 0 Å². The highest BCUT2D eigenvalue weighted by Gasteiger charge is 2.36. The standard InChI is InChI=1S/C34H48N6O5/c1-22(2)27(28(41)32(44)35-21-24-12-11-15-26(20-24)40-18-16-39(7)17-19-40)37-30(42)23(3)36-33(45)29(34(4,5)6)38-31(43)25-13-9-8-10-14-25/h8-15,20,22-23,27,29H,16-19,21H2,1-7H3,(H,35,44)(H,36,45)(H,37,42)(H,38,43)/t23-,27-,29+/m0/s1. The molecule has 11 heteroatoms. The zero-order chi connectivity index (χ0) is 33.3. The molecule has 4 N–H and O–H groups in total. The van der Waals surface area contributed by atoms with Gasteiger partial charge < -0.3 is 31.1 Å². The molecule has 1 aliphatic rings. The number of ketones is 1. The SMILES string of the molecule is CC(C)[C@H](NC(=O)[C@H](C)NC(=O)[C@@H](NC(=O)c1ccccc1)C(C)(C)C)C(=O)C(=O)NCc1cccc(N2CCN(C)CC2)c1. The number of benzene rings is 2. The molecular formula is C34H48N6O5. The molecule has 0 aliphatic carbocycles. The molecule has 45 heavy (non-hydrogen) atoms. The van der Waals surface area contributed by atoms with Crippen molar-refractivity contribution in [3.63, 3.8) is 0 Å². The highest BCUT2D eigenvalue weighted by Crippen LogP contribution is 2.21. The number of nitrogens with zero attached hydrogens (tertiary/aromatic N) is 2. The first kappa shape index (κ1) is 35.2. The number of rotatable bonds is 12. The van der Waals surface area contributed by atoms with Gasteiger partial charge in [-0.2, -0.15) is 0 Å². The van der Waals surface area contributed by atoms with Crippen molar-refractivity contribution in [1.82, 2.24) is 26.2 Å². The van der Waals surface area contributed by atoms with E-state index in [-0.39, 0.29) is 12.5 Å². The van der Waals surface area contributed by atoms with Crippen LogP contribution in [0.25, 0.3) is 0 Å². The lowest BCUT2D eigenvalue weighted by molar-refractivity contribution is -0.141. The maximum atomic E-state index is 13.3. The highest BCUT2D eigenvalue weighted by atomic mass is 16.2. The minimum Gasteiger partial charge on any atom is -0.369 e. The Morgan fingerprint density at radius 1 is 0.800 bits per heavy atom. The fourth-order valence-electron chi connectivity index (χ4n) is 4.99. The molecule has 3 rings (SSSR count). The van der Waals surface area contributed by atoms with Crippen LogP contribution >= 0.6 is 0 Å². The molecule has 1 aliphatic heterocycles. The van der Waals surface area contributed by atoms with Gasteiger partial charge in [0.2, 0.25) is 17.6 Å². The molecule has 1 saturated heterocycles. The number of hydrogen-bond acceptors (Lipinski definition) is 7. The third kappa shape index (κ3) is 10.1. The summed E-state index contributed by atoms with van der Waals surface area (Å²) in [6, 6.07) is 13.3. The van der Waals surface area contributed by atoms with E-state index in [0.29, 0.717) is 5.56 Å². The number of anilines is 1. The van der Waals surface area contributed by atoms with Crippen LogP contribution in [0, 0.1) is 11.3 Å². The molecule has 0 unspecified atom stereocenters. The smallest absolute Gasteiger partial charge is 0.289 e. The van der Waals surface area contributed by atoms with Gasteiger partial charge in [0.05, 0.1) is 6.04 Å². The van der Waals surface area contributed by atoms with Gasteiger partial charge in [-0.3, -0.25) is 24.0 Å². The van der Waals surface area contributed by atoms with Crippen LogP contribution in [-0.2, 0) is 25.7 Å². The van der Waals surface area contributed by atoms with E-state index in [4.69, 9.17) is 0 Å². The number of likely N-dealkylation sites (N-methyl/N-ethyl adjacent to an activating group) is 1. The second-order valence-electron chi connectivity index (χ2n) is 13.1. The van der Waals surface area contributed by atoms with E-state index in [2.05, 4.69) is 38.1 Å². The number of piperazine rings is 1. The summed E-state index contributed by atoms with van der Waals surface area (Å²) >= 11 is 0. The van der Waals surface area contributed by atoms with Crippen molar-refractivity contribution in [3.8, 4) is 0 Å². The third-order valence-corrected chi connectivity index (χ3v) is 7.89. The quantitative estimate of drug-likeness (QED) is 0.267. The molecule has 0 radical (unpaired) electrons. The molecule has 2 aromatic rings. The molecule has 2 aromatic carbocycles. The topological polar surface area (TPSA) is 140 Å². The van der Waals surface area contributed by atoms with Crippen LogP contribution in [0.15, 0.2) is 54.6 Å².